The number of rotatable bonds is 8. The van der Waals surface area contributed by atoms with Crippen molar-refractivity contribution in [2.75, 3.05) is 32.8 Å². The van der Waals surface area contributed by atoms with Crippen LogP contribution in [-0.2, 0) is 20.7 Å². The van der Waals surface area contributed by atoms with E-state index in [1.165, 1.54) is 6.42 Å². The van der Waals surface area contributed by atoms with Gasteiger partial charge >= 0.3 is 5.97 Å². The molecule has 156 valence electrons. The summed E-state index contributed by atoms with van der Waals surface area (Å²) in [6.07, 6.45) is 5.33. The molecule has 0 aromatic heterocycles. The van der Waals surface area contributed by atoms with Gasteiger partial charge in [-0.15, -0.1) is 12.4 Å². The molecular weight excluding hydrogens is 380 g/mol. The van der Waals surface area contributed by atoms with Crippen LogP contribution < -0.4 is 15.4 Å². The lowest BCUT2D eigenvalue weighted by molar-refractivity contribution is -0.145. The van der Waals surface area contributed by atoms with Crippen LogP contribution >= 0.6 is 12.4 Å². The van der Waals surface area contributed by atoms with Gasteiger partial charge in [0, 0.05) is 13.1 Å². The summed E-state index contributed by atoms with van der Waals surface area (Å²) in [4.78, 5) is 24.1. The molecule has 2 atom stereocenters. The van der Waals surface area contributed by atoms with E-state index in [0.29, 0.717) is 24.8 Å². The second-order valence-electron chi connectivity index (χ2n) is 7.47. The second kappa shape index (κ2) is 10.7. The van der Waals surface area contributed by atoms with E-state index in [1.807, 2.05) is 24.3 Å². The fourth-order valence-corrected chi connectivity index (χ4v) is 4.28. The summed E-state index contributed by atoms with van der Waals surface area (Å²) in [7, 11) is 0. The number of fused-ring (bicyclic) bond motifs is 1. The zero-order valence-electron chi connectivity index (χ0n) is 16.5. The number of halogens is 1. The SMILES string of the molecule is CCOC(=O)COc1ccc(CCNC(=O)[C@@]23CCCC[C@H]2CNC3)cc1.Cl. The molecule has 7 heteroatoms. The Morgan fingerprint density at radius 1 is 1.25 bits per heavy atom. The third-order valence-corrected chi connectivity index (χ3v) is 5.77. The van der Waals surface area contributed by atoms with Crippen LogP contribution in [0.5, 0.6) is 5.75 Å². The summed E-state index contributed by atoms with van der Waals surface area (Å²) in [6, 6.07) is 7.61. The molecule has 1 amide bonds. The van der Waals surface area contributed by atoms with Gasteiger partial charge in [-0.1, -0.05) is 25.0 Å². The molecule has 1 aromatic rings. The van der Waals surface area contributed by atoms with E-state index in [4.69, 9.17) is 9.47 Å². The van der Waals surface area contributed by atoms with Gasteiger partial charge in [-0.3, -0.25) is 4.79 Å². The van der Waals surface area contributed by atoms with E-state index >= 15 is 0 Å². The molecule has 0 spiro atoms. The highest BCUT2D eigenvalue weighted by atomic mass is 35.5. The van der Waals surface area contributed by atoms with Gasteiger partial charge in [-0.05, 0) is 56.3 Å². The molecule has 0 bridgehead atoms. The number of carbonyl (C=O) groups is 2. The number of benzene rings is 1. The summed E-state index contributed by atoms with van der Waals surface area (Å²) in [5.74, 6) is 0.969. The minimum atomic E-state index is -0.369. The largest absolute Gasteiger partial charge is 0.482 e. The third kappa shape index (κ3) is 5.39. The maximum Gasteiger partial charge on any atom is 0.344 e. The first kappa shape index (κ1) is 22.5. The topological polar surface area (TPSA) is 76.7 Å². The lowest BCUT2D eigenvalue weighted by Crippen LogP contribution is -2.48. The van der Waals surface area contributed by atoms with Gasteiger partial charge in [0.25, 0.3) is 0 Å². The molecule has 1 heterocycles. The number of esters is 1. The molecule has 0 radical (unpaired) electrons. The zero-order valence-corrected chi connectivity index (χ0v) is 17.3. The molecule has 28 heavy (non-hydrogen) atoms. The van der Waals surface area contributed by atoms with Crippen molar-refractivity contribution >= 4 is 24.3 Å². The van der Waals surface area contributed by atoms with Crippen molar-refractivity contribution in [3.05, 3.63) is 29.8 Å². The van der Waals surface area contributed by atoms with E-state index in [9.17, 15) is 9.59 Å². The number of hydrogen-bond acceptors (Lipinski definition) is 5. The van der Waals surface area contributed by atoms with Crippen molar-refractivity contribution in [2.24, 2.45) is 11.3 Å². The van der Waals surface area contributed by atoms with E-state index in [1.54, 1.807) is 6.92 Å². The molecule has 1 aromatic carbocycles. The van der Waals surface area contributed by atoms with Gasteiger partial charge in [-0.2, -0.15) is 0 Å². The van der Waals surface area contributed by atoms with Crippen molar-refractivity contribution in [1.29, 1.82) is 0 Å². The number of amides is 1. The van der Waals surface area contributed by atoms with Gasteiger partial charge in [0.15, 0.2) is 6.61 Å². The Bertz CT molecular complexity index is 652. The smallest absolute Gasteiger partial charge is 0.344 e. The van der Waals surface area contributed by atoms with E-state index in [0.717, 1.165) is 44.3 Å². The van der Waals surface area contributed by atoms with Gasteiger partial charge in [0.2, 0.25) is 5.91 Å². The van der Waals surface area contributed by atoms with Crippen LogP contribution in [0.3, 0.4) is 0 Å². The average molecular weight is 411 g/mol. The first-order valence-electron chi connectivity index (χ1n) is 10.0. The van der Waals surface area contributed by atoms with Gasteiger partial charge in [0.1, 0.15) is 5.75 Å². The maximum atomic E-state index is 12.8. The molecule has 1 saturated carbocycles. The molecule has 1 aliphatic heterocycles. The van der Waals surface area contributed by atoms with Crippen molar-refractivity contribution in [2.45, 2.75) is 39.0 Å². The minimum absolute atomic E-state index is 0. The first-order chi connectivity index (χ1) is 13.1. The van der Waals surface area contributed by atoms with Crippen LogP contribution in [0.15, 0.2) is 24.3 Å². The van der Waals surface area contributed by atoms with Crippen LogP contribution in [0.1, 0.15) is 38.2 Å². The number of nitrogens with one attached hydrogen (secondary N) is 2. The standard InChI is InChI=1S/C21H30N2O4.ClH/c1-2-26-19(24)14-27-18-8-6-16(7-9-18)10-12-23-20(25)21-11-4-3-5-17(21)13-22-15-21;/h6-9,17,22H,2-5,10-15H2,1H3,(H,23,25);1H/t17-,21+;/m0./s1. The molecule has 0 unspecified atom stereocenters. The van der Waals surface area contributed by atoms with Crippen LogP contribution in [0.25, 0.3) is 0 Å². The van der Waals surface area contributed by atoms with Crippen molar-refractivity contribution < 1.29 is 19.1 Å². The maximum absolute atomic E-state index is 12.8. The molecule has 6 nitrogen and oxygen atoms in total. The molecule has 2 fully saturated rings. The summed E-state index contributed by atoms with van der Waals surface area (Å²) in [6.45, 7) is 4.46. The Morgan fingerprint density at radius 2 is 2.04 bits per heavy atom. The number of hydrogen-bond donors (Lipinski definition) is 2. The van der Waals surface area contributed by atoms with Crippen LogP contribution in [0.2, 0.25) is 0 Å². The highest BCUT2D eigenvalue weighted by molar-refractivity contribution is 5.85. The zero-order chi connectivity index (χ0) is 19.1. The molecule has 3 rings (SSSR count). The summed E-state index contributed by atoms with van der Waals surface area (Å²) < 4.78 is 10.2. The molecule has 1 saturated heterocycles. The lowest BCUT2D eigenvalue weighted by Gasteiger charge is -2.37. The van der Waals surface area contributed by atoms with E-state index < -0.39 is 0 Å². The quantitative estimate of drug-likeness (QED) is 0.644. The molecule has 2 aliphatic rings. The Labute approximate surface area is 173 Å². The normalized spacial score (nSPS) is 23.2. The summed E-state index contributed by atoms with van der Waals surface area (Å²) in [5, 5.41) is 6.58. The highest BCUT2D eigenvalue weighted by Gasteiger charge is 2.49. The first-order valence-corrected chi connectivity index (χ1v) is 10.0. The monoisotopic (exact) mass is 410 g/mol. The Hall–Kier alpha value is -1.79. The minimum Gasteiger partial charge on any atom is -0.482 e. The van der Waals surface area contributed by atoms with Gasteiger partial charge < -0.3 is 20.1 Å². The van der Waals surface area contributed by atoms with Crippen molar-refractivity contribution in [3.8, 4) is 5.75 Å². The van der Waals surface area contributed by atoms with Crippen LogP contribution in [-0.4, -0.2) is 44.7 Å². The van der Waals surface area contributed by atoms with Gasteiger partial charge in [-0.25, -0.2) is 4.79 Å². The van der Waals surface area contributed by atoms with Crippen molar-refractivity contribution in [1.82, 2.24) is 10.6 Å². The van der Waals surface area contributed by atoms with E-state index in [-0.39, 0.29) is 36.3 Å². The lowest BCUT2D eigenvalue weighted by atomic mass is 9.67. The van der Waals surface area contributed by atoms with E-state index in [2.05, 4.69) is 10.6 Å². The molecule has 1 aliphatic carbocycles. The Kier molecular flexibility index (Phi) is 8.58. The summed E-state index contributed by atoms with van der Waals surface area (Å²) in [5.41, 5.74) is 0.935. The highest BCUT2D eigenvalue weighted by Crippen LogP contribution is 2.43. The Morgan fingerprint density at radius 3 is 2.79 bits per heavy atom. The predicted molar refractivity (Wildman–Crippen MR) is 110 cm³/mol. The van der Waals surface area contributed by atoms with Gasteiger partial charge in [0.05, 0.1) is 12.0 Å². The molecular formula is C21H31ClN2O4. The number of carbonyl (C=O) groups excluding carboxylic acids is 2. The predicted octanol–water partition coefficient (Wildman–Crippen LogP) is 2.49. The molecule has 2 N–H and O–H groups in total. The fourth-order valence-electron chi connectivity index (χ4n) is 4.28. The van der Waals surface area contributed by atoms with Crippen LogP contribution in [0, 0.1) is 11.3 Å². The second-order valence-corrected chi connectivity index (χ2v) is 7.47. The Balaban J connectivity index is 0.00000280. The van der Waals surface area contributed by atoms with Crippen LogP contribution in [0.4, 0.5) is 0 Å². The van der Waals surface area contributed by atoms with Crippen molar-refractivity contribution in [3.63, 3.8) is 0 Å². The number of ether oxygens (including phenoxy) is 2. The average Bonchev–Trinajstić information content (AvgIpc) is 3.13. The third-order valence-electron chi connectivity index (χ3n) is 5.77. The fraction of sp³-hybridized carbons (Fsp3) is 0.619. The summed E-state index contributed by atoms with van der Waals surface area (Å²) >= 11 is 0.